The van der Waals surface area contributed by atoms with Crippen molar-refractivity contribution in [3.8, 4) is 11.1 Å². The van der Waals surface area contributed by atoms with Gasteiger partial charge in [-0.25, -0.2) is 13.6 Å². The molecule has 0 saturated carbocycles. The lowest BCUT2D eigenvalue weighted by Crippen LogP contribution is -2.43. The molecule has 0 aliphatic heterocycles. The maximum Gasteiger partial charge on any atom is 0.408 e. The minimum Gasteiger partial charge on any atom is -0.480 e. The molecule has 8 nitrogen and oxygen atoms in total. The molecule has 2 aromatic heterocycles. The van der Waals surface area contributed by atoms with Crippen molar-refractivity contribution < 1.29 is 36.6 Å². The van der Waals surface area contributed by atoms with Gasteiger partial charge in [-0.15, -0.1) is 0 Å². The number of benzene rings is 2. The standard InChI is InChI=1S/C31H29F5N4O4.C2H6/c1-5-24(31(34,35)36)38-18-11-15(2)25(21(32)13-18)28(41)39-23(30(43)44)12-17-8-9-20(27-19(17)7-6-10-37-27)26-16(3)22(33)14-40(4)29(26)42;1-2/h6-11,13-14,23-24,38H,5,12H2,1-4H3,(H,39,41)(H,43,44);1-2H3/t23-,24+;/m0./s1. The van der Waals surface area contributed by atoms with Crippen molar-refractivity contribution in [3.63, 3.8) is 0 Å². The molecule has 2 aromatic carbocycles. The largest absolute Gasteiger partial charge is 0.480 e. The van der Waals surface area contributed by atoms with Gasteiger partial charge in [-0.2, -0.15) is 13.2 Å². The van der Waals surface area contributed by atoms with Crippen molar-refractivity contribution in [2.24, 2.45) is 7.05 Å². The van der Waals surface area contributed by atoms with Crippen LogP contribution in [0.2, 0.25) is 0 Å². The Morgan fingerprint density at radius 3 is 2.33 bits per heavy atom. The number of carbonyl (C=O) groups excluding carboxylic acids is 1. The predicted octanol–water partition coefficient (Wildman–Crippen LogP) is 6.70. The van der Waals surface area contributed by atoms with Crippen LogP contribution in [0.1, 0.15) is 54.2 Å². The van der Waals surface area contributed by atoms with E-state index < -0.39 is 52.9 Å². The summed E-state index contributed by atoms with van der Waals surface area (Å²) >= 11 is 0. The van der Waals surface area contributed by atoms with E-state index in [0.29, 0.717) is 22.0 Å². The Bertz CT molecular complexity index is 1800. The van der Waals surface area contributed by atoms with Crippen LogP contribution in [0.15, 0.2) is 53.6 Å². The van der Waals surface area contributed by atoms with Crippen molar-refractivity contribution >= 4 is 28.5 Å². The number of amides is 1. The van der Waals surface area contributed by atoms with Crippen molar-refractivity contribution in [1.82, 2.24) is 14.9 Å². The summed E-state index contributed by atoms with van der Waals surface area (Å²) in [5, 5.41) is 14.9. The second kappa shape index (κ2) is 14.5. The summed E-state index contributed by atoms with van der Waals surface area (Å²) in [6, 6.07) is 4.75. The quantitative estimate of drug-likeness (QED) is 0.175. The molecular weight excluding hydrogens is 611 g/mol. The van der Waals surface area contributed by atoms with E-state index in [-0.39, 0.29) is 35.2 Å². The third-order valence-electron chi connectivity index (χ3n) is 7.39. The molecule has 0 saturated heterocycles. The van der Waals surface area contributed by atoms with E-state index in [1.165, 1.54) is 46.1 Å². The number of aliphatic carboxylic acids is 1. The zero-order valence-corrected chi connectivity index (χ0v) is 26.1. The van der Waals surface area contributed by atoms with Gasteiger partial charge in [0.2, 0.25) is 0 Å². The van der Waals surface area contributed by atoms with Crippen molar-refractivity contribution in [1.29, 1.82) is 0 Å². The number of hydrogen-bond acceptors (Lipinski definition) is 5. The van der Waals surface area contributed by atoms with Crippen LogP contribution in [0.3, 0.4) is 0 Å². The Kier molecular flexibility index (Phi) is 11.3. The van der Waals surface area contributed by atoms with E-state index in [1.807, 2.05) is 13.8 Å². The number of fused-ring (bicyclic) bond motifs is 1. The SMILES string of the molecule is CC.CC[C@@H](Nc1cc(C)c(C(=O)N[C@@H](Cc2ccc(-c3c(C)c(F)cn(C)c3=O)c3ncccc23)C(=O)O)c(F)c1)C(F)(F)F. The highest BCUT2D eigenvalue weighted by Gasteiger charge is 2.38. The van der Waals surface area contributed by atoms with Crippen LogP contribution in [-0.2, 0) is 18.3 Å². The molecule has 0 aliphatic carbocycles. The third kappa shape index (κ3) is 7.52. The molecule has 0 fully saturated rings. The lowest BCUT2D eigenvalue weighted by molar-refractivity contribution is -0.143. The molecule has 0 aliphatic rings. The van der Waals surface area contributed by atoms with E-state index in [0.717, 1.165) is 16.8 Å². The molecule has 0 bridgehead atoms. The Labute approximate surface area is 262 Å². The summed E-state index contributed by atoms with van der Waals surface area (Å²) in [4.78, 5) is 42.6. The number of anilines is 1. The fourth-order valence-electron chi connectivity index (χ4n) is 5.09. The zero-order valence-electron chi connectivity index (χ0n) is 26.1. The van der Waals surface area contributed by atoms with Crippen LogP contribution >= 0.6 is 0 Å². The Morgan fingerprint density at radius 1 is 1.07 bits per heavy atom. The molecule has 1 amide bonds. The second-order valence-electron chi connectivity index (χ2n) is 10.4. The number of carbonyl (C=O) groups is 2. The monoisotopic (exact) mass is 646 g/mol. The van der Waals surface area contributed by atoms with Gasteiger partial charge in [0.1, 0.15) is 23.7 Å². The number of nitrogens with zero attached hydrogens (tertiary/aromatic N) is 2. The third-order valence-corrected chi connectivity index (χ3v) is 7.39. The lowest BCUT2D eigenvalue weighted by atomic mass is 9.93. The molecule has 4 rings (SSSR count). The van der Waals surface area contributed by atoms with Crippen molar-refractivity contribution in [2.45, 2.75) is 65.7 Å². The summed E-state index contributed by atoms with van der Waals surface area (Å²) in [5.74, 6) is -4.22. The topological polar surface area (TPSA) is 113 Å². The molecule has 0 radical (unpaired) electrons. The highest BCUT2D eigenvalue weighted by Crippen LogP contribution is 2.31. The second-order valence-corrected chi connectivity index (χ2v) is 10.4. The van der Waals surface area contributed by atoms with E-state index in [4.69, 9.17) is 0 Å². The van der Waals surface area contributed by atoms with Crippen LogP contribution in [0.4, 0.5) is 27.6 Å². The van der Waals surface area contributed by atoms with Gasteiger partial charge >= 0.3 is 12.1 Å². The van der Waals surface area contributed by atoms with Gasteiger partial charge in [-0.3, -0.25) is 14.6 Å². The van der Waals surface area contributed by atoms with E-state index >= 15 is 4.39 Å². The number of hydrogen-bond donors (Lipinski definition) is 3. The number of aromatic nitrogens is 2. The summed E-state index contributed by atoms with van der Waals surface area (Å²) in [6.45, 7) is 8.11. The maximum absolute atomic E-state index is 15.0. The number of halogens is 5. The van der Waals surface area contributed by atoms with E-state index in [2.05, 4.69) is 15.6 Å². The number of pyridine rings is 2. The van der Waals surface area contributed by atoms with Crippen molar-refractivity contribution in [3.05, 3.63) is 93.0 Å². The minimum absolute atomic E-state index is 0.00258. The minimum atomic E-state index is -4.58. The van der Waals surface area contributed by atoms with Crippen LogP contribution in [0.25, 0.3) is 22.0 Å². The molecule has 2 atom stereocenters. The highest BCUT2D eigenvalue weighted by molar-refractivity contribution is 5.99. The number of alkyl halides is 3. The molecule has 4 aromatic rings. The van der Waals surface area contributed by atoms with Gasteiger partial charge in [-0.1, -0.05) is 39.0 Å². The lowest BCUT2D eigenvalue weighted by Gasteiger charge is -2.22. The Morgan fingerprint density at radius 2 is 1.74 bits per heavy atom. The van der Waals surface area contributed by atoms with Crippen LogP contribution in [0, 0.1) is 25.5 Å². The zero-order chi connectivity index (χ0) is 34.5. The average Bonchev–Trinajstić information content (AvgIpc) is 2.99. The number of carboxylic acids is 1. The van der Waals surface area contributed by atoms with Gasteiger partial charge in [0.05, 0.1) is 16.6 Å². The first kappa shape index (κ1) is 35.7. The predicted molar refractivity (Wildman–Crippen MR) is 166 cm³/mol. The first-order chi connectivity index (χ1) is 21.6. The number of carboxylic acid groups (broad SMARTS) is 1. The molecule has 0 unspecified atom stereocenters. The Hall–Kier alpha value is -4.81. The first-order valence-corrected chi connectivity index (χ1v) is 14.5. The van der Waals surface area contributed by atoms with Crippen LogP contribution in [0.5, 0.6) is 0 Å². The maximum atomic E-state index is 15.0. The first-order valence-electron chi connectivity index (χ1n) is 14.5. The van der Waals surface area contributed by atoms with E-state index in [1.54, 1.807) is 18.2 Å². The number of rotatable bonds is 9. The summed E-state index contributed by atoms with van der Waals surface area (Å²) in [6.07, 6.45) is -2.62. The smallest absolute Gasteiger partial charge is 0.408 e. The molecule has 246 valence electrons. The highest BCUT2D eigenvalue weighted by atomic mass is 19.4. The van der Waals surface area contributed by atoms with Gasteiger partial charge in [0.15, 0.2) is 0 Å². The fraction of sp³-hybridized carbons (Fsp3) is 0.333. The van der Waals surface area contributed by atoms with Gasteiger partial charge in [0.25, 0.3) is 11.5 Å². The van der Waals surface area contributed by atoms with Crippen LogP contribution in [-0.4, -0.2) is 44.8 Å². The number of nitrogens with one attached hydrogen (secondary N) is 2. The van der Waals surface area contributed by atoms with Crippen molar-refractivity contribution in [2.75, 3.05) is 5.32 Å². The molecule has 2 heterocycles. The molecule has 3 N–H and O–H groups in total. The molecule has 0 spiro atoms. The molecular formula is C33H35F5N4O4. The average molecular weight is 647 g/mol. The normalized spacial score (nSPS) is 12.6. The van der Waals surface area contributed by atoms with Gasteiger partial charge < -0.3 is 20.3 Å². The van der Waals surface area contributed by atoms with Crippen LogP contribution < -0.4 is 16.2 Å². The molecule has 13 heteroatoms. The van der Waals surface area contributed by atoms with Gasteiger partial charge in [0, 0.05) is 42.5 Å². The van der Waals surface area contributed by atoms with E-state index in [9.17, 15) is 37.1 Å². The number of aryl methyl sites for hydroxylation is 2. The summed E-state index contributed by atoms with van der Waals surface area (Å²) in [5.41, 5.74) is 0.115. The fourth-order valence-corrected chi connectivity index (χ4v) is 5.09. The summed E-state index contributed by atoms with van der Waals surface area (Å²) < 4.78 is 70.2. The summed E-state index contributed by atoms with van der Waals surface area (Å²) in [7, 11) is 1.41. The molecule has 46 heavy (non-hydrogen) atoms. The van der Waals surface area contributed by atoms with Gasteiger partial charge in [-0.05, 0) is 55.2 Å². The Balaban J connectivity index is 0.00000282.